The van der Waals surface area contributed by atoms with E-state index in [0.29, 0.717) is 23.7 Å². The number of nitro groups is 1. The molecule has 0 N–H and O–H groups in total. The molecule has 4 fully saturated rings. The topological polar surface area (TPSA) is 43.1 Å². The van der Waals surface area contributed by atoms with E-state index in [0.717, 1.165) is 12.8 Å². The van der Waals surface area contributed by atoms with Crippen molar-refractivity contribution in [3.05, 3.63) is 10.1 Å². The second-order valence-corrected chi connectivity index (χ2v) is 5.76. The van der Waals surface area contributed by atoms with Gasteiger partial charge in [0.1, 0.15) is 0 Å². The summed E-state index contributed by atoms with van der Waals surface area (Å²) in [5.74, 6) is 2.33. The highest BCUT2D eigenvalue weighted by Crippen LogP contribution is 2.59. The molecule has 0 saturated heterocycles. The second-order valence-electron chi connectivity index (χ2n) is 5.76. The van der Waals surface area contributed by atoms with Gasteiger partial charge in [0.2, 0.25) is 5.54 Å². The predicted octanol–water partition coefficient (Wildman–Crippen LogP) is 2.48. The third-order valence-corrected chi connectivity index (χ3v) is 5.14. The SMILES string of the molecule is CC1C2CC3CC(C2)CC1([N+](=O)[O-])C3. The van der Waals surface area contributed by atoms with Gasteiger partial charge in [0.05, 0.1) is 0 Å². The molecule has 3 heteroatoms. The van der Waals surface area contributed by atoms with Crippen molar-refractivity contribution in [3.63, 3.8) is 0 Å². The molecule has 0 heterocycles. The maximum Gasteiger partial charge on any atom is 0.225 e. The van der Waals surface area contributed by atoms with E-state index in [2.05, 4.69) is 6.92 Å². The van der Waals surface area contributed by atoms with Gasteiger partial charge >= 0.3 is 0 Å². The van der Waals surface area contributed by atoms with Crippen LogP contribution >= 0.6 is 0 Å². The van der Waals surface area contributed by atoms with Gasteiger partial charge in [0.25, 0.3) is 0 Å². The lowest BCUT2D eigenvalue weighted by molar-refractivity contribution is -0.599. The molecule has 14 heavy (non-hydrogen) atoms. The molecule has 0 radical (unpaired) electrons. The fraction of sp³-hybridized carbons (Fsp3) is 1.00. The lowest BCUT2D eigenvalue weighted by Crippen LogP contribution is -2.60. The van der Waals surface area contributed by atoms with Crippen molar-refractivity contribution in [1.82, 2.24) is 0 Å². The maximum atomic E-state index is 11.3. The van der Waals surface area contributed by atoms with Crippen molar-refractivity contribution in [2.45, 2.75) is 44.6 Å². The van der Waals surface area contributed by atoms with Crippen LogP contribution in [0.3, 0.4) is 0 Å². The summed E-state index contributed by atoms with van der Waals surface area (Å²) in [7, 11) is 0. The molecular formula is C11H17NO2. The van der Waals surface area contributed by atoms with Gasteiger partial charge in [-0.15, -0.1) is 0 Å². The van der Waals surface area contributed by atoms with E-state index < -0.39 is 5.54 Å². The average molecular weight is 195 g/mol. The molecule has 3 unspecified atom stereocenters. The zero-order valence-electron chi connectivity index (χ0n) is 8.61. The number of rotatable bonds is 1. The Morgan fingerprint density at radius 2 is 1.79 bits per heavy atom. The van der Waals surface area contributed by atoms with E-state index in [1.807, 2.05) is 0 Å². The van der Waals surface area contributed by atoms with Gasteiger partial charge in [-0.25, -0.2) is 0 Å². The van der Waals surface area contributed by atoms with Crippen LogP contribution in [0.4, 0.5) is 0 Å². The Bertz CT molecular complexity index is 275. The summed E-state index contributed by atoms with van der Waals surface area (Å²) < 4.78 is 0. The molecule has 0 amide bonds. The van der Waals surface area contributed by atoms with Crippen LogP contribution in [-0.2, 0) is 0 Å². The molecule has 0 aliphatic heterocycles. The van der Waals surface area contributed by atoms with Gasteiger partial charge in [-0.2, -0.15) is 0 Å². The van der Waals surface area contributed by atoms with E-state index >= 15 is 0 Å². The summed E-state index contributed by atoms with van der Waals surface area (Å²) in [5.41, 5.74) is -0.519. The third kappa shape index (κ3) is 0.882. The Balaban J connectivity index is 2.01. The fourth-order valence-electron chi connectivity index (χ4n) is 4.57. The van der Waals surface area contributed by atoms with Crippen LogP contribution in [0.1, 0.15) is 39.0 Å². The molecule has 0 aromatic rings. The predicted molar refractivity (Wildman–Crippen MR) is 52.4 cm³/mol. The first kappa shape index (κ1) is 8.69. The molecule has 0 aromatic carbocycles. The van der Waals surface area contributed by atoms with Crippen LogP contribution in [0.15, 0.2) is 0 Å². The minimum Gasteiger partial charge on any atom is -0.264 e. The van der Waals surface area contributed by atoms with Gasteiger partial charge in [-0.05, 0) is 37.0 Å². The van der Waals surface area contributed by atoms with Gasteiger partial charge < -0.3 is 0 Å². The molecule has 78 valence electrons. The molecule has 3 atom stereocenters. The fourth-order valence-corrected chi connectivity index (χ4v) is 4.57. The van der Waals surface area contributed by atoms with Crippen molar-refractivity contribution in [3.8, 4) is 0 Å². The Morgan fingerprint density at radius 1 is 1.21 bits per heavy atom. The normalized spacial score (nSPS) is 54.9. The van der Waals surface area contributed by atoms with Crippen LogP contribution in [0.2, 0.25) is 0 Å². The minimum absolute atomic E-state index is 0.0577. The van der Waals surface area contributed by atoms with Crippen LogP contribution in [0, 0.1) is 33.8 Å². The van der Waals surface area contributed by atoms with Crippen molar-refractivity contribution in [1.29, 1.82) is 0 Å². The second kappa shape index (κ2) is 2.50. The summed E-state index contributed by atoms with van der Waals surface area (Å²) in [6, 6.07) is 0. The maximum absolute atomic E-state index is 11.3. The first-order chi connectivity index (χ1) is 6.62. The van der Waals surface area contributed by atoms with E-state index in [1.165, 1.54) is 19.3 Å². The van der Waals surface area contributed by atoms with Crippen molar-refractivity contribution < 1.29 is 4.92 Å². The number of hydrogen-bond donors (Lipinski definition) is 0. The third-order valence-electron chi connectivity index (χ3n) is 5.14. The molecule has 4 bridgehead atoms. The van der Waals surface area contributed by atoms with Crippen LogP contribution < -0.4 is 0 Å². The van der Waals surface area contributed by atoms with Crippen LogP contribution in [0.5, 0.6) is 0 Å². The zero-order valence-corrected chi connectivity index (χ0v) is 8.61. The highest BCUT2D eigenvalue weighted by Gasteiger charge is 2.62. The monoisotopic (exact) mass is 195 g/mol. The Morgan fingerprint density at radius 3 is 2.29 bits per heavy atom. The summed E-state index contributed by atoms with van der Waals surface area (Å²) in [6.45, 7) is 2.12. The van der Waals surface area contributed by atoms with E-state index in [-0.39, 0.29) is 4.92 Å². The smallest absolute Gasteiger partial charge is 0.225 e. The highest BCUT2D eigenvalue weighted by molar-refractivity contribution is 5.05. The first-order valence-corrected chi connectivity index (χ1v) is 5.76. The van der Waals surface area contributed by atoms with Gasteiger partial charge in [-0.1, -0.05) is 6.92 Å². The number of nitrogens with zero attached hydrogens (tertiary/aromatic N) is 1. The lowest BCUT2D eigenvalue weighted by atomic mass is 9.49. The summed E-state index contributed by atoms with van der Waals surface area (Å²) in [4.78, 5) is 11.3. The Kier molecular flexibility index (Phi) is 1.55. The summed E-state index contributed by atoms with van der Waals surface area (Å²) >= 11 is 0. The molecule has 4 saturated carbocycles. The molecular weight excluding hydrogens is 178 g/mol. The lowest BCUT2D eigenvalue weighted by Gasteiger charge is -2.55. The Labute approximate surface area is 84.0 Å². The molecule has 0 spiro atoms. The highest BCUT2D eigenvalue weighted by atomic mass is 16.6. The molecule has 3 nitrogen and oxygen atoms in total. The average Bonchev–Trinajstić information content (AvgIpc) is 2.12. The van der Waals surface area contributed by atoms with Crippen molar-refractivity contribution >= 4 is 0 Å². The molecule has 4 aliphatic rings. The molecule has 4 rings (SSSR count). The summed E-state index contributed by atoms with van der Waals surface area (Å²) in [5, 5.41) is 11.3. The van der Waals surface area contributed by atoms with E-state index in [1.54, 1.807) is 0 Å². The largest absolute Gasteiger partial charge is 0.264 e. The minimum atomic E-state index is -0.519. The van der Waals surface area contributed by atoms with Gasteiger partial charge in [0, 0.05) is 23.7 Å². The number of hydrogen-bond acceptors (Lipinski definition) is 2. The van der Waals surface area contributed by atoms with E-state index in [4.69, 9.17) is 0 Å². The van der Waals surface area contributed by atoms with Gasteiger partial charge in [0.15, 0.2) is 0 Å². The van der Waals surface area contributed by atoms with Crippen LogP contribution in [0.25, 0.3) is 0 Å². The standard InChI is InChI=1S/C11H17NO2/c1-7-10-3-8-2-9(4-10)6-11(7,5-8)12(13)14/h7-10H,2-6H2,1H3. The Hall–Kier alpha value is -0.600. The molecule has 4 aliphatic carbocycles. The van der Waals surface area contributed by atoms with Gasteiger partial charge in [-0.3, -0.25) is 10.1 Å². The van der Waals surface area contributed by atoms with Crippen molar-refractivity contribution in [2.75, 3.05) is 0 Å². The zero-order chi connectivity index (χ0) is 9.92. The quantitative estimate of drug-likeness (QED) is 0.476. The first-order valence-electron chi connectivity index (χ1n) is 5.76. The molecule has 0 aromatic heterocycles. The van der Waals surface area contributed by atoms with Crippen molar-refractivity contribution in [2.24, 2.45) is 23.7 Å². The summed E-state index contributed by atoms with van der Waals surface area (Å²) in [6.07, 6.45) is 5.56. The van der Waals surface area contributed by atoms with E-state index in [9.17, 15) is 10.1 Å². The van der Waals surface area contributed by atoms with Crippen LogP contribution in [-0.4, -0.2) is 10.5 Å².